The second-order valence-electron chi connectivity index (χ2n) is 6.13. The fraction of sp³-hybridized carbons (Fsp3) is 0.0476. The first-order valence-electron chi connectivity index (χ1n) is 8.59. The van der Waals surface area contributed by atoms with Crippen LogP contribution in [0.1, 0.15) is 16.4 Å². The van der Waals surface area contributed by atoms with Crippen LogP contribution in [0.3, 0.4) is 0 Å². The zero-order valence-electron chi connectivity index (χ0n) is 15.0. The van der Waals surface area contributed by atoms with Crippen molar-refractivity contribution in [2.45, 2.75) is 6.92 Å². The third-order valence-corrected chi connectivity index (χ3v) is 4.27. The molecule has 0 bridgehead atoms. The summed E-state index contributed by atoms with van der Waals surface area (Å²) in [5.74, 6) is 0.497. The van der Waals surface area contributed by atoms with E-state index in [2.05, 4.69) is 20.6 Å². The van der Waals surface area contributed by atoms with Crippen molar-refractivity contribution in [3.05, 3.63) is 78.4 Å². The summed E-state index contributed by atoms with van der Waals surface area (Å²) in [7, 11) is 0. The summed E-state index contributed by atoms with van der Waals surface area (Å²) in [5, 5.41) is 6.69. The van der Waals surface area contributed by atoms with Crippen LogP contribution < -0.4 is 10.6 Å². The molecule has 0 radical (unpaired) electrons. The van der Waals surface area contributed by atoms with Crippen LogP contribution in [-0.4, -0.2) is 21.0 Å². The normalized spacial score (nSPS) is 10.6. The van der Waals surface area contributed by atoms with Crippen LogP contribution in [0.25, 0.3) is 22.2 Å². The number of aryl methyl sites for hydroxylation is 1. The van der Waals surface area contributed by atoms with Gasteiger partial charge in [-0.15, -0.1) is 0 Å². The predicted octanol–water partition coefficient (Wildman–Crippen LogP) is 4.33. The van der Waals surface area contributed by atoms with Crippen LogP contribution >= 0.6 is 12.2 Å². The molecule has 0 unspecified atom stereocenters. The fourth-order valence-corrected chi connectivity index (χ4v) is 3.00. The van der Waals surface area contributed by atoms with E-state index in [9.17, 15) is 4.79 Å². The van der Waals surface area contributed by atoms with E-state index in [4.69, 9.17) is 16.6 Å². The number of hydrogen-bond donors (Lipinski definition) is 2. The molecule has 138 valence electrons. The maximum atomic E-state index is 12.4. The number of nitrogens with one attached hydrogen (secondary N) is 2. The molecule has 0 saturated heterocycles. The molecule has 28 heavy (non-hydrogen) atoms. The standard InChI is InChI=1S/C21H16N4O2S/c1-13-22-10-9-17(23-13)14-6-4-7-16(11-14)24-21(28)25-20(26)19-12-15-5-2-3-8-18(15)27-19/h2-12H,1H3,(H2,24,25,26,28). The van der Waals surface area contributed by atoms with Gasteiger partial charge in [-0.25, -0.2) is 9.97 Å². The van der Waals surface area contributed by atoms with E-state index in [0.29, 0.717) is 11.4 Å². The van der Waals surface area contributed by atoms with E-state index < -0.39 is 5.91 Å². The molecule has 2 N–H and O–H groups in total. The molecule has 7 heteroatoms. The summed E-state index contributed by atoms with van der Waals surface area (Å²) in [4.78, 5) is 20.9. The fourth-order valence-electron chi connectivity index (χ4n) is 2.79. The summed E-state index contributed by atoms with van der Waals surface area (Å²) < 4.78 is 5.56. The van der Waals surface area contributed by atoms with Gasteiger partial charge in [0.2, 0.25) is 0 Å². The number of anilines is 1. The van der Waals surface area contributed by atoms with E-state index in [1.165, 1.54) is 0 Å². The van der Waals surface area contributed by atoms with Gasteiger partial charge >= 0.3 is 0 Å². The highest BCUT2D eigenvalue weighted by Gasteiger charge is 2.13. The van der Waals surface area contributed by atoms with Crippen molar-refractivity contribution in [1.82, 2.24) is 15.3 Å². The smallest absolute Gasteiger partial charge is 0.293 e. The maximum absolute atomic E-state index is 12.4. The molecular weight excluding hydrogens is 372 g/mol. The molecule has 0 aliphatic rings. The van der Waals surface area contributed by atoms with E-state index in [1.54, 1.807) is 12.3 Å². The molecule has 2 aromatic carbocycles. The summed E-state index contributed by atoms with van der Waals surface area (Å²) in [5.41, 5.74) is 3.12. The molecule has 0 spiro atoms. The van der Waals surface area contributed by atoms with Gasteiger partial charge in [0.15, 0.2) is 10.9 Å². The number of fused-ring (bicyclic) bond motifs is 1. The number of thiocarbonyl (C=S) groups is 1. The van der Waals surface area contributed by atoms with Gasteiger partial charge in [-0.3, -0.25) is 10.1 Å². The Morgan fingerprint density at radius 1 is 1.07 bits per heavy atom. The van der Waals surface area contributed by atoms with E-state index >= 15 is 0 Å². The molecular formula is C21H16N4O2S. The molecule has 0 saturated carbocycles. The molecule has 2 heterocycles. The van der Waals surface area contributed by atoms with E-state index in [-0.39, 0.29) is 10.9 Å². The molecule has 4 rings (SSSR count). The summed E-state index contributed by atoms with van der Waals surface area (Å²) in [6, 6.07) is 18.6. The molecule has 6 nitrogen and oxygen atoms in total. The number of nitrogens with zero attached hydrogens (tertiary/aromatic N) is 2. The molecule has 0 fully saturated rings. The predicted molar refractivity (Wildman–Crippen MR) is 112 cm³/mol. The minimum absolute atomic E-state index is 0.182. The Labute approximate surface area is 166 Å². The monoisotopic (exact) mass is 388 g/mol. The molecule has 2 aromatic heterocycles. The number of carbonyl (C=O) groups is 1. The second kappa shape index (κ2) is 7.58. The van der Waals surface area contributed by atoms with Crippen molar-refractivity contribution < 1.29 is 9.21 Å². The highest BCUT2D eigenvalue weighted by Crippen LogP contribution is 2.21. The van der Waals surface area contributed by atoms with Crippen LogP contribution in [0.2, 0.25) is 0 Å². The first-order valence-corrected chi connectivity index (χ1v) is 9.00. The Morgan fingerprint density at radius 3 is 2.75 bits per heavy atom. The van der Waals surface area contributed by atoms with Gasteiger partial charge in [0.25, 0.3) is 5.91 Å². The zero-order chi connectivity index (χ0) is 19.5. The lowest BCUT2D eigenvalue weighted by atomic mass is 10.1. The van der Waals surface area contributed by atoms with Gasteiger partial charge in [0, 0.05) is 22.8 Å². The molecule has 0 aliphatic heterocycles. The van der Waals surface area contributed by atoms with Crippen molar-refractivity contribution >= 4 is 39.9 Å². The molecule has 0 atom stereocenters. The van der Waals surface area contributed by atoms with E-state index in [0.717, 1.165) is 22.3 Å². The first-order chi connectivity index (χ1) is 13.6. The summed E-state index contributed by atoms with van der Waals surface area (Å²) in [6.45, 7) is 1.84. The average Bonchev–Trinajstić information content (AvgIpc) is 3.12. The SMILES string of the molecule is Cc1nccc(-c2cccc(NC(=S)NC(=O)c3cc4ccccc4o3)c2)n1. The Hall–Kier alpha value is -3.58. The van der Waals surface area contributed by atoms with Crippen LogP contribution in [0.4, 0.5) is 5.69 Å². The average molecular weight is 388 g/mol. The highest BCUT2D eigenvalue weighted by molar-refractivity contribution is 7.80. The number of amides is 1. The topological polar surface area (TPSA) is 80.0 Å². The van der Waals surface area contributed by atoms with Crippen LogP contribution in [0, 0.1) is 6.92 Å². The lowest BCUT2D eigenvalue weighted by molar-refractivity contribution is 0.0953. The Kier molecular flexibility index (Phi) is 4.82. The second-order valence-corrected chi connectivity index (χ2v) is 6.53. The minimum atomic E-state index is -0.406. The lowest BCUT2D eigenvalue weighted by Gasteiger charge is -2.10. The Morgan fingerprint density at radius 2 is 1.93 bits per heavy atom. The number of rotatable bonds is 3. The van der Waals surface area contributed by atoms with Gasteiger partial charge in [-0.05, 0) is 49.5 Å². The number of hydrogen-bond acceptors (Lipinski definition) is 5. The van der Waals surface area contributed by atoms with Gasteiger partial charge in [0.05, 0.1) is 5.69 Å². The third kappa shape index (κ3) is 3.89. The van der Waals surface area contributed by atoms with Gasteiger partial charge < -0.3 is 9.73 Å². The number of para-hydroxylation sites is 1. The largest absolute Gasteiger partial charge is 0.451 e. The van der Waals surface area contributed by atoms with E-state index in [1.807, 2.05) is 61.5 Å². The maximum Gasteiger partial charge on any atom is 0.293 e. The van der Waals surface area contributed by atoms with Crippen molar-refractivity contribution in [3.8, 4) is 11.3 Å². The molecule has 1 amide bonds. The van der Waals surface area contributed by atoms with Crippen molar-refractivity contribution in [1.29, 1.82) is 0 Å². The van der Waals surface area contributed by atoms with Crippen LogP contribution in [0.15, 0.2) is 71.3 Å². The minimum Gasteiger partial charge on any atom is -0.451 e. The number of benzene rings is 2. The summed E-state index contributed by atoms with van der Waals surface area (Å²) in [6.07, 6.45) is 1.72. The molecule has 0 aliphatic carbocycles. The summed E-state index contributed by atoms with van der Waals surface area (Å²) >= 11 is 5.26. The number of aromatic nitrogens is 2. The van der Waals surface area contributed by atoms with Crippen molar-refractivity contribution in [2.24, 2.45) is 0 Å². The van der Waals surface area contributed by atoms with Crippen LogP contribution in [-0.2, 0) is 0 Å². The molecule has 4 aromatic rings. The number of carbonyl (C=O) groups excluding carboxylic acids is 1. The Balaban J connectivity index is 1.46. The third-order valence-electron chi connectivity index (χ3n) is 4.07. The Bertz CT molecular complexity index is 1150. The van der Waals surface area contributed by atoms with Crippen LogP contribution in [0.5, 0.6) is 0 Å². The van der Waals surface area contributed by atoms with Crippen molar-refractivity contribution in [2.75, 3.05) is 5.32 Å². The lowest BCUT2D eigenvalue weighted by Crippen LogP contribution is -2.33. The number of furan rings is 1. The zero-order valence-corrected chi connectivity index (χ0v) is 15.8. The van der Waals surface area contributed by atoms with Gasteiger partial charge in [0.1, 0.15) is 11.4 Å². The quantitative estimate of drug-likeness (QED) is 0.509. The highest BCUT2D eigenvalue weighted by atomic mass is 32.1. The van der Waals surface area contributed by atoms with Crippen molar-refractivity contribution in [3.63, 3.8) is 0 Å². The first kappa shape index (κ1) is 17.8. The van der Waals surface area contributed by atoms with Gasteiger partial charge in [-0.2, -0.15) is 0 Å². The van der Waals surface area contributed by atoms with Gasteiger partial charge in [-0.1, -0.05) is 30.3 Å².